The number of hydrogen-bond acceptors (Lipinski definition) is 4. The van der Waals surface area contributed by atoms with E-state index in [0.717, 1.165) is 49.0 Å². The van der Waals surface area contributed by atoms with E-state index in [1.54, 1.807) is 18.2 Å². The Kier molecular flexibility index (Phi) is 11.2. The summed E-state index contributed by atoms with van der Waals surface area (Å²) in [5, 5.41) is 11.2. The third-order valence-corrected chi connectivity index (χ3v) is 8.46. The first-order chi connectivity index (χ1) is 15.3. The molecule has 0 saturated carbocycles. The molecule has 0 saturated heterocycles. The minimum atomic E-state index is -3.51. The predicted molar refractivity (Wildman–Crippen MR) is 133 cm³/mol. The van der Waals surface area contributed by atoms with Crippen LogP contribution in [0.15, 0.2) is 52.3 Å². The van der Waals surface area contributed by atoms with Gasteiger partial charge in [-0.25, -0.2) is 12.8 Å². The second kappa shape index (κ2) is 13.4. The number of halogens is 1. The van der Waals surface area contributed by atoms with Crippen molar-refractivity contribution in [1.82, 2.24) is 0 Å². The Labute approximate surface area is 197 Å². The van der Waals surface area contributed by atoms with E-state index < -0.39 is 21.9 Å². The lowest BCUT2D eigenvalue weighted by Crippen LogP contribution is -2.23. The van der Waals surface area contributed by atoms with Crippen molar-refractivity contribution in [1.29, 1.82) is 0 Å². The summed E-state index contributed by atoms with van der Waals surface area (Å²) < 4.78 is 40.3. The number of rotatable bonds is 14. The number of sulfone groups is 1. The summed E-state index contributed by atoms with van der Waals surface area (Å²) in [6, 6.07) is 11.5. The van der Waals surface area contributed by atoms with E-state index in [1.165, 1.54) is 23.9 Å². The third kappa shape index (κ3) is 7.60. The molecule has 32 heavy (non-hydrogen) atoms. The molecule has 2 aromatic carbocycles. The number of benzene rings is 2. The monoisotopic (exact) mass is 480 g/mol. The average molecular weight is 481 g/mol. The molecule has 0 amide bonds. The molecule has 0 radical (unpaired) electrons. The quantitative estimate of drug-likeness (QED) is 0.234. The highest BCUT2D eigenvalue weighted by Gasteiger charge is 2.30. The lowest BCUT2D eigenvalue weighted by Gasteiger charge is -2.27. The van der Waals surface area contributed by atoms with E-state index in [9.17, 15) is 17.9 Å². The van der Waals surface area contributed by atoms with Crippen molar-refractivity contribution in [3.8, 4) is 0 Å². The second-order valence-corrected chi connectivity index (χ2v) is 11.3. The van der Waals surface area contributed by atoms with Gasteiger partial charge >= 0.3 is 0 Å². The topological polar surface area (TPSA) is 54.4 Å². The van der Waals surface area contributed by atoms with Crippen molar-refractivity contribution >= 4 is 21.6 Å². The molecule has 0 aromatic heterocycles. The van der Waals surface area contributed by atoms with E-state index in [1.807, 2.05) is 18.4 Å². The van der Waals surface area contributed by atoms with Gasteiger partial charge < -0.3 is 5.11 Å². The molecule has 6 heteroatoms. The van der Waals surface area contributed by atoms with E-state index in [-0.39, 0.29) is 16.5 Å². The maximum atomic E-state index is 13.6. The molecular weight excluding hydrogens is 443 g/mol. The highest BCUT2D eigenvalue weighted by molar-refractivity contribution is 7.98. The first-order valence-corrected chi connectivity index (χ1v) is 14.6. The van der Waals surface area contributed by atoms with Crippen LogP contribution in [0.4, 0.5) is 4.39 Å². The van der Waals surface area contributed by atoms with Crippen LogP contribution in [0, 0.1) is 5.82 Å². The lowest BCUT2D eigenvalue weighted by atomic mass is 9.84. The van der Waals surface area contributed by atoms with Crippen molar-refractivity contribution in [2.45, 2.75) is 87.0 Å². The lowest BCUT2D eigenvalue weighted by molar-refractivity contribution is 0.142. The van der Waals surface area contributed by atoms with E-state index in [2.05, 4.69) is 13.8 Å². The molecule has 0 spiro atoms. The molecule has 1 N–H and O–H groups in total. The van der Waals surface area contributed by atoms with E-state index in [4.69, 9.17) is 0 Å². The van der Waals surface area contributed by atoms with Crippen LogP contribution in [0.5, 0.6) is 0 Å². The van der Waals surface area contributed by atoms with Crippen molar-refractivity contribution in [3.05, 3.63) is 59.4 Å². The van der Waals surface area contributed by atoms with Crippen LogP contribution in [0.1, 0.15) is 82.3 Å². The summed E-state index contributed by atoms with van der Waals surface area (Å²) >= 11 is 1.54. The van der Waals surface area contributed by atoms with Crippen LogP contribution in [0.3, 0.4) is 0 Å². The normalized spacial score (nSPS) is 13.8. The Morgan fingerprint density at radius 3 is 2.22 bits per heavy atom. The van der Waals surface area contributed by atoms with Gasteiger partial charge in [0.05, 0.1) is 16.8 Å². The summed E-state index contributed by atoms with van der Waals surface area (Å²) in [4.78, 5) is 1.23. The zero-order valence-electron chi connectivity index (χ0n) is 19.5. The Morgan fingerprint density at radius 1 is 0.938 bits per heavy atom. The molecule has 0 fully saturated rings. The summed E-state index contributed by atoms with van der Waals surface area (Å²) in [6.45, 7) is 4.20. The molecule has 178 valence electrons. The molecule has 0 aliphatic carbocycles. The van der Waals surface area contributed by atoms with Crippen molar-refractivity contribution < 1.29 is 17.9 Å². The van der Waals surface area contributed by atoms with Gasteiger partial charge in [-0.05, 0) is 60.6 Å². The summed E-state index contributed by atoms with van der Waals surface area (Å²) in [5.41, 5.74) is 1.35. The Morgan fingerprint density at radius 2 is 1.59 bits per heavy atom. The Bertz CT molecular complexity index is 927. The smallest absolute Gasteiger partial charge is 0.178 e. The van der Waals surface area contributed by atoms with Gasteiger partial charge in [-0.15, -0.1) is 11.8 Å². The zero-order chi connectivity index (χ0) is 23.6. The first-order valence-electron chi connectivity index (χ1n) is 11.7. The SMILES string of the molecule is CCCCCCS(=O)(=O)c1ccc(SC)cc1[C@@H](c1ccc(F)cc1)[C@@H](O)CCCCC. The van der Waals surface area contributed by atoms with Crippen LogP contribution < -0.4 is 0 Å². The summed E-state index contributed by atoms with van der Waals surface area (Å²) in [5.74, 6) is -0.782. The molecule has 0 aliphatic rings. The van der Waals surface area contributed by atoms with E-state index in [0.29, 0.717) is 18.4 Å². The second-order valence-electron chi connectivity index (χ2n) is 8.38. The number of hydrogen-bond donors (Lipinski definition) is 1. The largest absolute Gasteiger partial charge is 0.392 e. The van der Waals surface area contributed by atoms with Crippen LogP contribution in [0.25, 0.3) is 0 Å². The Hall–Kier alpha value is -1.37. The fourth-order valence-corrected chi connectivity index (χ4v) is 6.13. The van der Waals surface area contributed by atoms with Crippen LogP contribution in [0.2, 0.25) is 0 Å². The summed E-state index contributed by atoms with van der Waals surface area (Å²) in [6.07, 6.45) is 8.22. The number of unbranched alkanes of at least 4 members (excludes halogenated alkanes) is 5. The van der Waals surface area contributed by atoms with Crippen LogP contribution in [-0.4, -0.2) is 31.6 Å². The third-order valence-electron chi connectivity index (χ3n) is 5.87. The predicted octanol–water partition coefficient (Wildman–Crippen LogP) is 6.97. The summed E-state index contributed by atoms with van der Waals surface area (Å²) in [7, 11) is -3.51. The van der Waals surface area contributed by atoms with Gasteiger partial charge in [-0.3, -0.25) is 0 Å². The average Bonchev–Trinajstić information content (AvgIpc) is 2.78. The Balaban J connectivity index is 2.53. The minimum absolute atomic E-state index is 0.0979. The maximum absolute atomic E-state index is 13.6. The molecule has 2 aromatic rings. The van der Waals surface area contributed by atoms with Gasteiger partial charge in [0.15, 0.2) is 9.84 Å². The molecule has 3 nitrogen and oxygen atoms in total. The first kappa shape index (κ1) is 26.9. The standard InChI is InChI=1S/C26H37FO3S2/c1-4-6-8-10-18-32(29,30)25-17-16-22(31-3)19-23(25)26(24(28)11-9-7-5-2)20-12-14-21(27)15-13-20/h12-17,19,24,26,28H,4-11,18H2,1-3H3/t24-,26+/m0/s1. The van der Waals surface area contributed by atoms with Crippen LogP contribution >= 0.6 is 11.8 Å². The maximum Gasteiger partial charge on any atom is 0.178 e. The van der Waals surface area contributed by atoms with E-state index >= 15 is 0 Å². The molecule has 0 heterocycles. The molecule has 0 unspecified atom stereocenters. The number of thioether (sulfide) groups is 1. The molecule has 0 aliphatic heterocycles. The fourth-order valence-electron chi connectivity index (χ4n) is 4.06. The van der Waals surface area contributed by atoms with Crippen molar-refractivity contribution in [2.75, 3.05) is 12.0 Å². The van der Waals surface area contributed by atoms with Crippen LogP contribution in [-0.2, 0) is 9.84 Å². The van der Waals surface area contributed by atoms with Gasteiger partial charge in [0, 0.05) is 10.8 Å². The van der Waals surface area contributed by atoms with Gasteiger partial charge in [0.25, 0.3) is 0 Å². The van der Waals surface area contributed by atoms with Gasteiger partial charge in [0.2, 0.25) is 0 Å². The highest BCUT2D eigenvalue weighted by atomic mass is 32.2. The molecule has 2 atom stereocenters. The van der Waals surface area contributed by atoms with Gasteiger partial charge in [-0.1, -0.05) is 64.5 Å². The molecule has 0 bridgehead atoms. The molecular formula is C26H37FO3S2. The highest BCUT2D eigenvalue weighted by Crippen LogP contribution is 2.37. The zero-order valence-corrected chi connectivity index (χ0v) is 21.2. The van der Waals surface area contributed by atoms with Crippen molar-refractivity contribution in [2.24, 2.45) is 0 Å². The minimum Gasteiger partial charge on any atom is -0.392 e. The number of aliphatic hydroxyl groups excluding tert-OH is 1. The van der Waals surface area contributed by atoms with Gasteiger partial charge in [-0.2, -0.15) is 0 Å². The van der Waals surface area contributed by atoms with Crippen molar-refractivity contribution in [3.63, 3.8) is 0 Å². The molecule has 2 rings (SSSR count). The fraction of sp³-hybridized carbons (Fsp3) is 0.538. The number of aliphatic hydroxyl groups is 1. The van der Waals surface area contributed by atoms with Gasteiger partial charge in [0.1, 0.15) is 5.82 Å².